The predicted octanol–water partition coefficient (Wildman–Crippen LogP) is 2.99. The topological polar surface area (TPSA) is 44.1 Å². The highest BCUT2D eigenvalue weighted by atomic mass is 16.5. The first-order valence-electron chi connectivity index (χ1n) is 6.46. The highest BCUT2D eigenvalue weighted by molar-refractivity contribution is 5.86. The number of methoxy groups -OCH3 is 1. The third-order valence-corrected chi connectivity index (χ3v) is 3.26. The van der Waals surface area contributed by atoms with Gasteiger partial charge in [-0.05, 0) is 25.5 Å². The number of carbonyl (C=O) groups excluding carboxylic acids is 1. The lowest BCUT2D eigenvalue weighted by atomic mass is 10.1. The second kappa shape index (κ2) is 6.19. The Kier molecular flexibility index (Phi) is 4.35. The number of hydrogen-bond acceptors (Lipinski definition) is 3. The predicted molar refractivity (Wildman–Crippen MR) is 78.3 cm³/mol. The molecular weight excluding hydrogens is 252 g/mol. The van der Waals surface area contributed by atoms with Gasteiger partial charge in [0.1, 0.15) is 0 Å². The molecule has 0 aliphatic carbocycles. The van der Waals surface area contributed by atoms with E-state index in [-0.39, 0.29) is 12.0 Å². The number of nitrogens with zero attached hydrogens (tertiary/aromatic N) is 2. The van der Waals surface area contributed by atoms with E-state index in [2.05, 4.69) is 47.8 Å². The first-order valence-corrected chi connectivity index (χ1v) is 6.46. The molecular formula is C16H18N2O2. The Morgan fingerprint density at radius 1 is 1.35 bits per heavy atom. The normalized spacial score (nSPS) is 12.6. The van der Waals surface area contributed by atoms with Crippen molar-refractivity contribution in [1.29, 1.82) is 0 Å². The smallest absolute Gasteiger partial charge is 0.330 e. The van der Waals surface area contributed by atoms with Gasteiger partial charge in [0.05, 0.1) is 31.4 Å². The molecule has 0 fully saturated rings. The summed E-state index contributed by atoms with van der Waals surface area (Å²) in [5.74, 6) is -0.374. The number of aromatic nitrogens is 2. The maximum absolute atomic E-state index is 11.2. The average Bonchev–Trinajstić information content (AvgIpc) is 2.93. The summed E-state index contributed by atoms with van der Waals surface area (Å²) in [6, 6.07) is 8.54. The Hall–Kier alpha value is -2.36. The van der Waals surface area contributed by atoms with Gasteiger partial charge in [0.15, 0.2) is 0 Å². The summed E-state index contributed by atoms with van der Waals surface area (Å²) in [6.07, 6.45) is 6.60. The van der Waals surface area contributed by atoms with E-state index in [1.165, 1.54) is 24.3 Å². The summed E-state index contributed by atoms with van der Waals surface area (Å²) in [5, 5.41) is 0. The van der Waals surface area contributed by atoms with E-state index in [1.54, 1.807) is 18.6 Å². The number of hydrogen-bond donors (Lipinski definition) is 0. The molecule has 0 N–H and O–H groups in total. The average molecular weight is 270 g/mol. The molecule has 1 heterocycles. The van der Waals surface area contributed by atoms with Gasteiger partial charge in [0.2, 0.25) is 0 Å². The second-order valence-corrected chi connectivity index (χ2v) is 4.67. The van der Waals surface area contributed by atoms with Crippen LogP contribution in [-0.2, 0) is 9.53 Å². The molecule has 0 saturated heterocycles. The van der Waals surface area contributed by atoms with Crippen LogP contribution in [-0.4, -0.2) is 22.6 Å². The van der Waals surface area contributed by atoms with E-state index in [0.717, 1.165) is 5.69 Å². The van der Waals surface area contributed by atoms with Crippen molar-refractivity contribution in [3.63, 3.8) is 0 Å². The van der Waals surface area contributed by atoms with Gasteiger partial charge in [-0.1, -0.05) is 29.8 Å². The van der Waals surface area contributed by atoms with E-state index in [0.29, 0.717) is 0 Å². The van der Waals surface area contributed by atoms with Gasteiger partial charge in [-0.15, -0.1) is 0 Å². The highest BCUT2D eigenvalue weighted by Crippen LogP contribution is 2.20. The molecule has 0 spiro atoms. The quantitative estimate of drug-likeness (QED) is 0.633. The lowest BCUT2D eigenvalue weighted by Gasteiger charge is -2.16. The number of carbonyl (C=O) groups is 1. The molecule has 4 nitrogen and oxygen atoms in total. The molecule has 1 unspecified atom stereocenters. The maximum atomic E-state index is 11.2. The molecule has 0 aliphatic heterocycles. The van der Waals surface area contributed by atoms with E-state index >= 15 is 0 Å². The molecule has 20 heavy (non-hydrogen) atoms. The zero-order chi connectivity index (χ0) is 14.5. The minimum absolute atomic E-state index is 0.149. The number of ether oxygens (including phenoxy) is 1. The molecule has 4 heteroatoms. The number of rotatable bonds is 4. The lowest BCUT2D eigenvalue weighted by molar-refractivity contribution is -0.134. The van der Waals surface area contributed by atoms with Crippen LogP contribution in [0.25, 0.3) is 6.08 Å². The molecule has 104 valence electrons. The first kappa shape index (κ1) is 14.1. The van der Waals surface area contributed by atoms with Gasteiger partial charge in [-0.25, -0.2) is 9.78 Å². The SMILES string of the molecule is COC(=O)C=Cc1cncn1C(C)c1ccc(C)cc1. The largest absolute Gasteiger partial charge is 0.466 e. The molecule has 0 aliphatic rings. The Balaban J connectivity index is 2.25. The zero-order valence-corrected chi connectivity index (χ0v) is 11.9. The van der Waals surface area contributed by atoms with Crippen LogP contribution in [0.4, 0.5) is 0 Å². The van der Waals surface area contributed by atoms with Gasteiger partial charge in [0, 0.05) is 6.08 Å². The van der Waals surface area contributed by atoms with Crippen molar-refractivity contribution in [3.05, 3.63) is 59.7 Å². The van der Waals surface area contributed by atoms with E-state index in [9.17, 15) is 4.79 Å². The maximum Gasteiger partial charge on any atom is 0.330 e. The van der Waals surface area contributed by atoms with Crippen LogP contribution in [0, 0.1) is 6.92 Å². The fourth-order valence-electron chi connectivity index (χ4n) is 1.99. The van der Waals surface area contributed by atoms with Crippen LogP contribution in [0.15, 0.2) is 42.9 Å². The van der Waals surface area contributed by atoms with Crippen molar-refractivity contribution in [1.82, 2.24) is 9.55 Å². The number of benzene rings is 1. The summed E-state index contributed by atoms with van der Waals surface area (Å²) in [5.41, 5.74) is 3.29. The minimum Gasteiger partial charge on any atom is -0.466 e. The zero-order valence-electron chi connectivity index (χ0n) is 11.9. The molecule has 1 aromatic heterocycles. The highest BCUT2D eigenvalue weighted by Gasteiger charge is 2.10. The van der Waals surface area contributed by atoms with Gasteiger partial charge >= 0.3 is 5.97 Å². The molecule has 0 amide bonds. The summed E-state index contributed by atoms with van der Waals surface area (Å²) in [4.78, 5) is 15.3. The van der Waals surface area contributed by atoms with Crippen molar-refractivity contribution in [2.75, 3.05) is 7.11 Å². The Labute approximate surface area is 118 Å². The van der Waals surface area contributed by atoms with Crippen molar-refractivity contribution in [2.24, 2.45) is 0 Å². The fourth-order valence-corrected chi connectivity index (χ4v) is 1.99. The molecule has 1 aromatic carbocycles. The Bertz CT molecular complexity index is 612. The summed E-state index contributed by atoms with van der Waals surface area (Å²) in [7, 11) is 1.36. The van der Waals surface area contributed by atoms with Crippen molar-refractivity contribution >= 4 is 12.0 Å². The fraction of sp³-hybridized carbons (Fsp3) is 0.250. The summed E-state index contributed by atoms with van der Waals surface area (Å²) < 4.78 is 6.61. The number of imidazole rings is 1. The molecule has 2 rings (SSSR count). The van der Waals surface area contributed by atoms with Gasteiger partial charge < -0.3 is 9.30 Å². The van der Waals surface area contributed by atoms with Crippen LogP contribution in [0.2, 0.25) is 0 Å². The van der Waals surface area contributed by atoms with Crippen molar-refractivity contribution < 1.29 is 9.53 Å². The van der Waals surface area contributed by atoms with E-state index < -0.39 is 0 Å². The van der Waals surface area contributed by atoms with Gasteiger partial charge in [-0.3, -0.25) is 0 Å². The lowest BCUT2D eigenvalue weighted by Crippen LogP contribution is -2.07. The van der Waals surface area contributed by atoms with Crippen LogP contribution in [0.1, 0.15) is 29.8 Å². The minimum atomic E-state index is -0.374. The third-order valence-electron chi connectivity index (χ3n) is 3.26. The molecule has 1 atom stereocenters. The second-order valence-electron chi connectivity index (χ2n) is 4.67. The summed E-state index contributed by atoms with van der Waals surface area (Å²) in [6.45, 7) is 4.16. The van der Waals surface area contributed by atoms with E-state index in [1.807, 2.05) is 4.57 Å². The molecule has 2 aromatic rings. The van der Waals surface area contributed by atoms with Crippen LogP contribution >= 0.6 is 0 Å². The molecule has 0 saturated carbocycles. The van der Waals surface area contributed by atoms with Crippen molar-refractivity contribution in [2.45, 2.75) is 19.9 Å². The first-order chi connectivity index (χ1) is 9.61. The summed E-state index contributed by atoms with van der Waals surface area (Å²) >= 11 is 0. The Morgan fingerprint density at radius 3 is 2.70 bits per heavy atom. The third kappa shape index (κ3) is 3.15. The van der Waals surface area contributed by atoms with Crippen LogP contribution < -0.4 is 0 Å². The monoisotopic (exact) mass is 270 g/mol. The van der Waals surface area contributed by atoms with Crippen LogP contribution in [0.3, 0.4) is 0 Å². The standard InChI is InChI=1S/C16H18N2O2/c1-12-4-6-14(7-5-12)13(2)18-11-17-10-15(18)8-9-16(19)20-3/h4-11,13H,1-3H3. The van der Waals surface area contributed by atoms with Gasteiger partial charge in [0.25, 0.3) is 0 Å². The van der Waals surface area contributed by atoms with Crippen molar-refractivity contribution in [3.8, 4) is 0 Å². The number of esters is 1. The van der Waals surface area contributed by atoms with E-state index in [4.69, 9.17) is 0 Å². The molecule has 0 radical (unpaired) electrons. The van der Waals surface area contributed by atoms with Gasteiger partial charge in [-0.2, -0.15) is 0 Å². The Morgan fingerprint density at radius 2 is 2.05 bits per heavy atom. The number of aryl methyl sites for hydroxylation is 1. The van der Waals surface area contributed by atoms with Crippen LogP contribution in [0.5, 0.6) is 0 Å². The molecule has 0 bridgehead atoms.